The van der Waals surface area contributed by atoms with Crippen LogP contribution in [0.15, 0.2) is 54.6 Å². The maximum Gasteiger partial charge on any atom is 0.254 e. The Morgan fingerprint density at radius 1 is 0.967 bits per heavy atom. The second kappa shape index (κ2) is 9.45. The SMILES string of the molecule is O=C(Cc1ccc(Cl)cc1)Nc1sc2c(c1C(=O)NCCc1ccccc1)CCC2. The predicted molar refractivity (Wildman–Crippen MR) is 123 cm³/mol. The summed E-state index contributed by atoms with van der Waals surface area (Å²) < 4.78 is 0. The molecule has 2 aromatic carbocycles. The largest absolute Gasteiger partial charge is 0.352 e. The third kappa shape index (κ3) is 4.91. The van der Waals surface area contributed by atoms with Crippen molar-refractivity contribution in [1.82, 2.24) is 5.32 Å². The molecule has 4 nitrogen and oxygen atoms in total. The number of carbonyl (C=O) groups excluding carboxylic acids is 2. The van der Waals surface area contributed by atoms with E-state index in [-0.39, 0.29) is 18.2 Å². The van der Waals surface area contributed by atoms with Crippen LogP contribution in [0.25, 0.3) is 0 Å². The first-order valence-corrected chi connectivity index (χ1v) is 11.3. The van der Waals surface area contributed by atoms with Crippen molar-refractivity contribution in [3.05, 3.63) is 86.8 Å². The Morgan fingerprint density at radius 2 is 1.73 bits per heavy atom. The molecule has 2 N–H and O–H groups in total. The van der Waals surface area contributed by atoms with Gasteiger partial charge in [0.05, 0.1) is 12.0 Å². The second-order valence-electron chi connectivity index (χ2n) is 7.40. The molecule has 4 rings (SSSR count). The lowest BCUT2D eigenvalue weighted by Gasteiger charge is -2.10. The number of carbonyl (C=O) groups is 2. The van der Waals surface area contributed by atoms with Crippen LogP contribution in [0.2, 0.25) is 5.02 Å². The zero-order chi connectivity index (χ0) is 20.9. The van der Waals surface area contributed by atoms with Crippen molar-refractivity contribution in [3.63, 3.8) is 0 Å². The molecule has 1 aliphatic rings. The molecule has 0 atom stereocenters. The third-order valence-electron chi connectivity index (χ3n) is 5.22. The summed E-state index contributed by atoms with van der Waals surface area (Å²) in [5, 5.41) is 7.32. The number of halogens is 1. The lowest BCUT2D eigenvalue weighted by atomic mass is 10.1. The molecule has 0 spiro atoms. The van der Waals surface area contributed by atoms with Crippen molar-refractivity contribution in [1.29, 1.82) is 0 Å². The van der Waals surface area contributed by atoms with Crippen molar-refractivity contribution in [2.45, 2.75) is 32.1 Å². The zero-order valence-electron chi connectivity index (χ0n) is 16.5. The molecule has 3 aromatic rings. The number of anilines is 1. The Labute approximate surface area is 185 Å². The average Bonchev–Trinajstić information content (AvgIpc) is 3.31. The van der Waals surface area contributed by atoms with Gasteiger partial charge in [0.1, 0.15) is 5.00 Å². The Morgan fingerprint density at radius 3 is 2.50 bits per heavy atom. The van der Waals surface area contributed by atoms with E-state index in [2.05, 4.69) is 22.8 Å². The number of hydrogen-bond acceptors (Lipinski definition) is 3. The van der Waals surface area contributed by atoms with Gasteiger partial charge in [-0.25, -0.2) is 0 Å². The Hall–Kier alpha value is -2.63. The number of benzene rings is 2. The number of nitrogens with one attached hydrogen (secondary N) is 2. The molecule has 0 saturated carbocycles. The number of rotatable bonds is 7. The Kier molecular flexibility index (Phi) is 6.50. The number of aryl methyl sites for hydroxylation is 1. The molecule has 0 bridgehead atoms. The highest BCUT2D eigenvalue weighted by Gasteiger charge is 2.27. The summed E-state index contributed by atoms with van der Waals surface area (Å²) in [6.07, 6.45) is 3.94. The zero-order valence-corrected chi connectivity index (χ0v) is 18.1. The van der Waals surface area contributed by atoms with Gasteiger partial charge >= 0.3 is 0 Å². The highest BCUT2D eigenvalue weighted by molar-refractivity contribution is 7.17. The van der Waals surface area contributed by atoms with Gasteiger partial charge in [-0.1, -0.05) is 54.1 Å². The van der Waals surface area contributed by atoms with Gasteiger partial charge in [-0.15, -0.1) is 11.3 Å². The molecule has 154 valence electrons. The smallest absolute Gasteiger partial charge is 0.254 e. The van der Waals surface area contributed by atoms with Gasteiger partial charge in [0.25, 0.3) is 5.91 Å². The van der Waals surface area contributed by atoms with Crippen LogP contribution in [0.4, 0.5) is 5.00 Å². The third-order valence-corrected chi connectivity index (χ3v) is 6.68. The van der Waals surface area contributed by atoms with E-state index in [1.165, 1.54) is 21.8 Å². The molecule has 0 fully saturated rings. The number of fused-ring (bicyclic) bond motifs is 1. The van der Waals surface area contributed by atoms with Gasteiger partial charge in [-0.2, -0.15) is 0 Å². The van der Waals surface area contributed by atoms with Crippen molar-refractivity contribution in [2.24, 2.45) is 0 Å². The fraction of sp³-hybridized carbons (Fsp3) is 0.250. The summed E-state index contributed by atoms with van der Waals surface area (Å²) in [6.45, 7) is 0.561. The highest BCUT2D eigenvalue weighted by atomic mass is 35.5. The molecule has 6 heteroatoms. The molecule has 1 aliphatic carbocycles. The second-order valence-corrected chi connectivity index (χ2v) is 8.95. The summed E-state index contributed by atoms with van der Waals surface area (Å²) in [6, 6.07) is 17.3. The quantitative estimate of drug-likeness (QED) is 0.542. The summed E-state index contributed by atoms with van der Waals surface area (Å²) in [5.41, 5.74) is 3.81. The predicted octanol–water partition coefficient (Wildman–Crippen LogP) is 5.04. The van der Waals surface area contributed by atoms with Crippen LogP contribution < -0.4 is 10.6 Å². The standard InChI is InChI=1S/C24H23ClN2O2S/c25-18-11-9-17(10-12-18)15-21(28)27-24-22(19-7-4-8-20(19)30-24)23(29)26-14-13-16-5-2-1-3-6-16/h1-3,5-6,9-12H,4,7-8,13-15H2,(H,26,29)(H,27,28). The van der Waals surface area contributed by atoms with E-state index in [4.69, 9.17) is 11.6 Å². The van der Waals surface area contributed by atoms with Gasteiger partial charge < -0.3 is 10.6 Å². The topological polar surface area (TPSA) is 58.2 Å². The lowest BCUT2D eigenvalue weighted by Crippen LogP contribution is -2.27. The minimum atomic E-state index is -0.129. The molecule has 0 radical (unpaired) electrons. The first-order valence-electron chi connectivity index (χ1n) is 10.1. The van der Waals surface area contributed by atoms with E-state index in [0.717, 1.165) is 36.8 Å². The van der Waals surface area contributed by atoms with Gasteiger partial charge in [-0.3, -0.25) is 9.59 Å². The highest BCUT2D eigenvalue weighted by Crippen LogP contribution is 2.39. The van der Waals surface area contributed by atoms with Crippen LogP contribution in [0, 0.1) is 0 Å². The van der Waals surface area contributed by atoms with Crippen molar-refractivity contribution in [2.75, 3.05) is 11.9 Å². The first-order chi connectivity index (χ1) is 14.6. The van der Waals surface area contributed by atoms with E-state index in [9.17, 15) is 9.59 Å². The van der Waals surface area contributed by atoms with E-state index in [0.29, 0.717) is 22.1 Å². The molecule has 1 aromatic heterocycles. The number of amides is 2. The summed E-state index contributed by atoms with van der Waals surface area (Å²) >= 11 is 7.45. The molecule has 0 unspecified atom stereocenters. The minimum absolute atomic E-state index is 0.105. The molecule has 30 heavy (non-hydrogen) atoms. The first kappa shape index (κ1) is 20.6. The van der Waals surface area contributed by atoms with Crippen molar-refractivity contribution < 1.29 is 9.59 Å². The number of hydrogen-bond donors (Lipinski definition) is 2. The van der Waals surface area contributed by atoms with E-state index in [1.807, 2.05) is 30.3 Å². The molecule has 2 amide bonds. The van der Waals surface area contributed by atoms with Gasteiger partial charge in [-0.05, 0) is 54.5 Å². The Bertz CT molecular complexity index is 1050. The van der Waals surface area contributed by atoms with Gasteiger partial charge in [0.15, 0.2) is 0 Å². The summed E-state index contributed by atoms with van der Waals surface area (Å²) in [7, 11) is 0. The minimum Gasteiger partial charge on any atom is -0.352 e. The number of thiophene rings is 1. The fourth-order valence-electron chi connectivity index (χ4n) is 3.74. The van der Waals surface area contributed by atoms with Crippen LogP contribution in [-0.2, 0) is 30.5 Å². The van der Waals surface area contributed by atoms with Gasteiger partial charge in [0.2, 0.25) is 5.91 Å². The molecule has 0 saturated heterocycles. The van der Waals surface area contributed by atoms with Crippen LogP contribution >= 0.6 is 22.9 Å². The molecular weight excluding hydrogens is 416 g/mol. The Balaban J connectivity index is 1.44. The lowest BCUT2D eigenvalue weighted by molar-refractivity contribution is -0.115. The molecular formula is C24H23ClN2O2S. The molecule has 0 aliphatic heterocycles. The van der Waals surface area contributed by atoms with Crippen molar-refractivity contribution in [3.8, 4) is 0 Å². The monoisotopic (exact) mass is 438 g/mol. The van der Waals surface area contributed by atoms with Crippen LogP contribution in [-0.4, -0.2) is 18.4 Å². The van der Waals surface area contributed by atoms with E-state index in [1.54, 1.807) is 12.1 Å². The van der Waals surface area contributed by atoms with Gasteiger partial charge in [0, 0.05) is 16.4 Å². The van der Waals surface area contributed by atoms with Crippen LogP contribution in [0.1, 0.15) is 38.3 Å². The van der Waals surface area contributed by atoms with E-state index >= 15 is 0 Å². The van der Waals surface area contributed by atoms with Crippen LogP contribution in [0.5, 0.6) is 0 Å². The van der Waals surface area contributed by atoms with E-state index < -0.39 is 0 Å². The average molecular weight is 439 g/mol. The fourth-order valence-corrected chi connectivity index (χ4v) is 5.17. The van der Waals surface area contributed by atoms with Crippen LogP contribution in [0.3, 0.4) is 0 Å². The maximum atomic E-state index is 13.0. The van der Waals surface area contributed by atoms with Crippen molar-refractivity contribution >= 4 is 39.8 Å². The normalized spacial score (nSPS) is 12.4. The maximum absolute atomic E-state index is 13.0. The molecule has 1 heterocycles. The summed E-state index contributed by atoms with van der Waals surface area (Å²) in [5.74, 6) is -0.234. The summed E-state index contributed by atoms with van der Waals surface area (Å²) in [4.78, 5) is 26.8.